The Morgan fingerprint density at radius 2 is 2.23 bits per heavy atom. The van der Waals surface area contributed by atoms with Crippen LogP contribution in [0, 0.1) is 6.92 Å². The number of benzene rings is 1. The van der Waals surface area contributed by atoms with E-state index in [-0.39, 0.29) is 6.61 Å². The minimum atomic E-state index is 0.0363. The lowest BCUT2D eigenvalue weighted by Gasteiger charge is -2.04. The highest BCUT2D eigenvalue weighted by Gasteiger charge is 1.98. The molecule has 0 saturated carbocycles. The summed E-state index contributed by atoms with van der Waals surface area (Å²) < 4.78 is 0. The lowest BCUT2D eigenvalue weighted by molar-refractivity contribution is -0.104. The van der Waals surface area contributed by atoms with Crippen LogP contribution in [-0.2, 0) is 11.4 Å². The molecule has 0 saturated heterocycles. The average Bonchev–Trinajstić information content (AvgIpc) is 2.16. The molecule has 0 aromatic heterocycles. The van der Waals surface area contributed by atoms with E-state index in [0.29, 0.717) is 0 Å². The van der Waals surface area contributed by atoms with Crippen molar-refractivity contribution >= 4 is 12.4 Å². The largest absolute Gasteiger partial charge is 0.392 e. The van der Waals surface area contributed by atoms with Crippen LogP contribution in [0.4, 0.5) is 0 Å². The highest BCUT2D eigenvalue weighted by atomic mass is 16.3. The first-order valence-corrected chi connectivity index (χ1v) is 4.10. The van der Waals surface area contributed by atoms with Crippen molar-refractivity contribution < 1.29 is 9.90 Å². The van der Waals surface area contributed by atoms with Gasteiger partial charge in [-0.3, -0.25) is 4.79 Å². The van der Waals surface area contributed by atoms with E-state index < -0.39 is 0 Å². The van der Waals surface area contributed by atoms with Crippen molar-refractivity contribution in [1.82, 2.24) is 0 Å². The first kappa shape index (κ1) is 9.68. The van der Waals surface area contributed by atoms with Crippen molar-refractivity contribution in [1.29, 1.82) is 0 Å². The van der Waals surface area contributed by atoms with Gasteiger partial charge in [0.05, 0.1) is 6.61 Å². The molecule has 0 bridgehead atoms. The number of carbonyl (C=O) groups excluding carboxylic acids is 1. The fraction of sp³-hybridized carbons (Fsp3) is 0.182. The quantitative estimate of drug-likeness (QED) is 0.562. The number of aliphatic hydroxyl groups is 1. The van der Waals surface area contributed by atoms with Crippen LogP contribution >= 0.6 is 0 Å². The van der Waals surface area contributed by atoms with Crippen LogP contribution in [0.3, 0.4) is 0 Å². The first-order chi connectivity index (χ1) is 6.29. The molecule has 68 valence electrons. The van der Waals surface area contributed by atoms with Crippen LogP contribution in [0.5, 0.6) is 0 Å². The SMILES string of the molecule is Cc1c(C=CC=O)cccc1CO. The van der Waals surface area contributed by atoms with Gasteiger partial charge in [0.15, 0.2) is 0 Å². The maximum Gasteiger partial charge on any atom is 0.142 e. The van der Waals surface area contributed by atoms with Gasteiger partial charge in [-0.2, -0.15) is 0 Å². The molecule has 0 atom stereocenters. The molecule has 1 aromatic rings. The summed E-state index contributed by atoms with van der Waals surface area (Å²) in [5, 5.41) is 8.97. The summed E-state index contributed by atoms with van der Waals surface area (Å²) >= 11 is 0. The molecule has 0 amide bonds. The van der Waals surface area contributed by atoms with E-state index in [2.05, 4.69) is 0 Å². The normalized spacial score (nSPS) is 10.6. The van der Waals surface area contributed by atoms with Gasteiger partial charge >= 0.3 is 0 Å². The van der Waals surface area contributed by atoms with Crippen LogP contribution < -0.4 is 0 Å². The minimum absolute atomic E-state index is 0.0363. The van der Waals surface area contributed by atoms with E-state index in [0.717, 1.165) is 23.0 Å². The summed E-state index contributed by atoms with van der Waals surface area (Å²) in [6.45, 7) is 1.96. The zero-order chi connectivity index (χ0) is 9.68. The third-order valence-corrected chi connectivity index (χ3v) is 2.01. The standard InChI is InChI=1S/C11H12O2/c1-9-10(6-3-7-12)4-2-5-11(9)8-13/h2-7,13H,8H2,1H3. The molecule has 13 heavy (non-hydrogen) atoms. The highest BCUT2D eigenvalue weighted by molar-refractivity contribution is 5.74. The minimum Gasteiger partial charge on any atom is -0.392 e. The lowest BCUT2D eigenvalue weighted by atomic mass is 10.0. The third-order valence-electron chi connectivity index (χ3n) is 2.01. The zero-order valence-corrected chi connectivity index (χ0v) is 7.53. The van der Waals surface area contributed by atoms with Gasteiger partial charge in [-0.1, -0.05) is 24.3 Å². The fourth-order valence-corrected chi connectivity index (χ4v) is 1.20. The van der Waals surface area contributed by atoms with Crippen LogP contribution in [-0.4, -0.2) is 11.4 Å². The van der Waals surface area contributed by atoms with Crippen LogP contribution in [0.25, 0.3) is 6.08 Å². The van der Waals surface area contributed by atoms with Crippen LogP contribution in [0.1, 0.15) is 16.7 Å². The third kappa shape index (κ3) is 2.26. The van der Waals surface area contributed by atoms with Crippen LogP contribution in [0.15, 0.2) is 24.3 Å². The molecular formula is C11H12O2. The first-order valence-electron chi connectivity index (χ1n) is 4.10. The van der Waals surface area contributed by atoms with Gasteiger partial charge in [0.25, 0.3) is 0 Å². The van der Waals surface area contributed by atoms with E-state index in [1.54, 1.807) is 6.08 Å². The maximum atomic E-state index is 10.1. The number of rotatable bonds is 3. The predicted octanol–water partition coefficient (Wildman–Crippen LogP) is 1.70. The number of aldehydes is 1. The van der Waals surface area contributed by atoms with Crippen molar-refractivity contribution in [3.63, 3.8) is 0 Å². The van der Waals surface area contributed by atoms with Crippen molar-refractivity contribution in [2.24, 2.45) is 0 Å². The monoisotopic (exact) mass is 176 g/mol. The van der Waals surface area contributed by atoms with Crippen molar-refractivity contribution in [3.05, 3.63) is 41.0 Å². The Morgan fingerprint density at radius 1 is 1.46 bits per heavy atom. The van der Waals surface area contributed by atoms with Gasteiger partial charge in [-0.25, -0.2) is 0 Å². The van der Waals surface area contributed by atoms with Gasteiger partial charge in [-0.15, -0.1) is 0 Å². The number of allylic oxidation sites excluding steroid dienone is 1. The van der Waals surface area contributed by atoms with E-state index >= 15 is 0 Å². The maximum absolute atomic E-state index is 10.1. The molecule has 2 nitrogen and oxygen atoms in total. The predicted molar refractivity (Wildman–Crippen MR) is 52.2 cm³/mol. The average molecular weight is 176 g/mol. The highest BCUT2D eigenvalue weighted by Crippen LogP contribution is 2.14. The Bertz CT molecular complexity index is 327. The molecule has 0 aliphatic rings. The smallest absolute Gasteiger partial charge is 0.142 e. The summed E-state index contributed by atoms with van der Waals surface area (Å²) in [7, 11) is 0. The Labute approximate surface area is 77.5 Å². The Morgan fingerprint density at radius 3 is 2.85 bits per heavy atom. The molecule has 0 radical (unpaired) electrons. The van der Waals surface area contributed by atoms with Gasteiger partial charge in [0.2, 0.25) is 0 Å². The molecule has 0 aliphatic heterocycles. The van der Waals surface area contributed by atoms with Gasteiger partial charge in [-0.05, 0) is 29.7 Å². The number of hydrogen-bond donors (Lipinski definition) is 1. The summed E-state index contributed by atoms with van der Waals surface area (Å²) in [5.41, 5.74) is 2.88. The van der Waals surface area contributed by atoms with E-state index in [9.17, 15) is 4.79 Å². The van der Waals surface area contributed by atoms with Gasteiger partial charge in [0.1, 0.15) is 6.29 Å². The Hall–Kier alpha value is -1.41. The molecular weight excluding hydrogens is 164 g/mol. The van der Waals surface area contributed by atoms with Crippen molar-refractivity contribution in [2.45, 2.75) is 13.5 Å². The zero-order valence-electron chi connectivity index (χ0n) is 7.53. The van der Waals surface area contributed by atoms with Gasteiger partial charge < -0.3 is 5.11 Å². The summed E-state index contributed by atoms with van der Waals surface area (Å²) in [4.78, 5) is 10.1. The Balaban J connectivity index is 3.07. The van der Waals surface area contributed by atoms with Crippen LogP contribution in [0.2, 0.25) is 0 Å². The fourth-order valence-electron chi connectivity index (χ4n) is 1.20. The molecule has 1 aromatic carbocycles. The lowest BCUT2D eigenvalue weighted by Crippen LogP contribution is -1.90. The van der Waals surface area contributed by atoms with Gasteiger partial charge in [0, 0.05) is 0 Å². The molecule has 1 N–H and O–H groups in total. The number of aliphatic hydroxyl groups excluding tert-OH is 1. The van der Waals surface area contributed by atoms with E-state index in [1.165, 1.54) is 6.08 Å². The summed E-state index contributed by atoms with van der Waals surface area (Å²) in [6, 6.07) is 5.64. The number of hydrogen-bond acceptors (Lipinski definition) is 2. The van der Waals surface area contributed by atoms with Crippen molar-refractivity contribution in [3.8, 4) is 0 Å². The summed E-state index contributed by atoms with van der Waals surface area (Å²) in [5.74, 6) is 0. The summed E-state index contributed by atoms with van der Waals surface area (Å²) in [6.07, 6.45) is 3.93. The molecule has 1 rings (SSSR count). The molecule has 2 heteroatoms. The van der Waals surface area contributed by atoms with E-state index in [1.807, 2.05) is 25.1 Å². The topological polar surface area (TPSA) is 37.3 Å². The molecule has 0 heterocycles. The second-order valence-electron chi connectivity index (χ2n) is 2.78. The molecule has 0 spiro atoms. The van der Waals surface area contributed by atoms with E-state index in [4.69, 9.17) is 5.11 Å². The van der Waals surface area contributed by atoms with Crippen molar-refractivity contribution in [2.75, 3.05) is 0 Å². The molecule has 0 unspecified atom stereocenters. The second-order valence-corrected chi connectivity index (χ2v) is 2.78. The number of carbonyl (C=O) groups is 1. The molecule has 0 fully saturated rings. The second kappa shape index (κ2) is 4.58. The molecule has 0 aliphatic carbocycles. The Kier molecular flexibility index (Phi) is 3.41.